The van der Waals surface area contributed by atoms with Gasteiger partial charge >= 0.3 is 0 Å². The molecule has 1 atom stereocenters. The molecule has 0 aliphatic carbocycles. The molecule has 1 unspecified atom stereocenters. The van der Waals surface area contributed by atoms with E-state index < -0.39 is 0 Å². The van der Waals surface area contributed by atoms with Crippen molar-refractivity contribution in [1.82, 2.24) is 10.2 Å². The molecule has 1 aromatic rings. The summed E-state index contributed by atoms with van der Waals surface area (Å²) in [5.74, 6) is 0. The topological polar surface area (TPSA) is 15.3 Å². The maximum atomic E-state index is 5.94. The number of hydrogen-bond donors (Lipinski definition) is 1. The maximum absolute atomic E-state index is 5.94. The normalized spacial score (nSPS) is 19.9. The summed E-state index contributed by atoms with van der Waals surface area (Å²) in [5, 5.41) is 4.61. The summed E-state index contributed by atoms with van der Waals surface area (Å²) in [4.78, 5) is 2.40. The van der Waals surface area contributed by atoms with Crippen molar-refractivity contribution in [3.8, 4) is 0 Å². The molecule has 1 saturated heterocycles. The average Bonchev–Trinajstić information content (AvgIpc) is 2.39. The molecule has 1 aromatic carbocycles. The summed E-state index contributed by atoms with van der Waals surface area (Å²) < 4.78 is 0. The first-order valence-electron chi connectivity index (χ1n) is 6.89. The Morgan fingerprint density at radius 2 is 1.89 bits per heavy atom. The lowest BCUT2D eigenvalue weighted by molar-refractivity contribution is 0.223. The third-order valence-corrected chi connectivity index (χ3v) is 4.09. The zero-order valence-corrected chi connectivity index (χ0v) is 12.1. The van der Waals surface area contributed by atoms with Gasteiger partial charge in [0.25, 0.3) is 0 Å². The average molecular weight is 267 g/mol. The highest BCUT2D eigenvalue weighted by molar-refractivity contribution is 6.30. The van der Waals surface area contributed by atoms with Gasteiger partial charge in [0.15, 0.2) is 0 Å². The summed E-state index contributed by atoms with van der Waals surface area (Å²) >= 11 is 5.94. The van der Waals surface area contributed by atoms with Gasteiger partial charge < -0.3 is 10.2 Å². The molecule has 0 saturated carbocycles. The van der Waals surface area contributed by atoms with E-state index in [4.69, 9.17) is 11.6 Å². The van der Waals surface area contributed by atoms with Gasteiger partial charge in [0.1, 0.15) is 0 Å². The summed E-state index contributed by atoms with van der Waals surface area (Å²) in [6.45, 7) is 4.64. The highest BCUT2D eigenvalue weighted by Gasteiger charge is 2.19. The van der Waals surface area contributed by atoms with E-state index in [1.807, 2.05) is 12.1 Å². The molecule has 2 nitrogen and oxygen atoms in total. The molecule has 1 heterocycles. The van der Waals surface area contributed by atoms with Crippen LogP contribution in [-0.2, 0) is 0 Å². The fourth-order valence-electron chi connectivity index (χ4n) is 2.60. The first-order chi connectivity index (χ1) is 8.69. The van der Waals surface area contributed by atoms with Crippen molar-refractivity contribution >= 4 is 11.6 Å². The molecule has 1 N–H and O–H groups in total. The molecule has 0 bridgehead atoms. The van der Waals surface area contributed by atoms with Gasteiger partial charge in [-0.05, 0) is 57.1 Å². The van der Waals surface area contributed by atoms with Gasteiger partial charge in [-0.3, -0.25) is 0 Å². The molecule has 3 heteroatoms. The number of benzene rings is 1. The smallest absolute Gasteiger partial charge is 0.0406 e. The Morgan fingerprint density at radius 3 is 2.44 bits per heavy atom. The quantitative estimate of drug-likeness (QED) is 0.898. The van der Waals surface area contributed by atoms with Gasteiger partial charge in [0.2, 0.25) is 0 Å². The number of rotatable bonds is 4. The largest absolute Gasteiger partial charge is 0.307 e. The Hall–Kier alpha value is -0.570. The van der Waals surface area contributed by atoms with E-state index >= 15 is 0 Å². The lowest BCUT2D eigenvalue weighted by atomic mass is 9.99. The predicted molar refractivity (Wildman–Crippen MR) is 78.1 cm³/mol. The molecule has 1 aliphatic rings. The molecule has 100 valence electrons. The zero-order valence-electron chi connectivity index (χ0n) is 11.3. The van der Waals surface area contributed by atoms with E-state index in [1.54, 1.807) is 0 Å². The second-order valence-electron chi connectivity index (χ2n) is 5.26. The Bertz CT molecular complexity index is 355. The third kappa shape index (κ3) is 3.71. The van der Waals surface area contributed by atoms with Crippen LogP contribution in [0.2, 0.25) is 5.02 Å². The lowest BCUT2D eigenvalue weighted by Gasteiger charge is -2.32. The van der Waals surface area contributed by atoms with Crippen molar-refractivity contribution in [1.29, 1.82) is 0 Å². The Balaban J connectivity index is 1.94. The van der Waals surface area contributed by atoms with Gasteiger partial charge in [-0.25, -0.2) is 0 Å². The fraction of sp³-hybridized carbons (Fsp3) is 0.600. The van der Waals surface area contributed by atoms with E-state index in [1.165, 1.54) is 31.5 Å². The van der Waals surface area contributed by atoms with Gasteiger partial charge in [0, 0.05) is 17.1 Å². The summed E-state index contributed by atoms with van der Waals surface area (Å²) in [6, 6.07) is 9.35. The lowest BCUT2D eigenvalue weighted by Crippen LogP contribution is -2.42. The molecule has 1 aliphatic heterocycles. The zero-order chi connectivity index (χ0) is 13.0. The minimum atomic E-state index is 0.454. The highest BCUT2D eigenvalue weighted by atomic mass is 35.5. The van der Waals surface area contributed by atoms with Crippen molar-refractivity contribution < 1.29 is 0 Å². The number of likely N-dealkylation sites (tertiary alicyclic amines) is 1. The van der Waals surface area contributed by atoms with Crippen LogP contribution in [0.25, 0.3) is 0 Å². The molecule has 0 radical (unpaired) electrons. The number of hydrogen-bond acceptors (Lipinski definition) is 2. The SMILES string of the molecule is CCC(NC1CCN(C)CC1)c1ccc(Cl)cc1. The van der Waals surface area contributed by atoms with Crippen LogP contribution in [0.3, 0.4) is 0 Å². The molecule has 1 fully saturated rings. The van der Waals surface area contributed by atoms with Gasteiger partial charge in [-0.15, -0.1) is 0 Å². The van der Waals surface area contributed by atoms with Crippen molar-refractivity contribution in [2.75, 3.05) is 20.1 Å². The van der Waals surface area contributed by atoms with Gasteiger partial charge in [0.05, 0.1) is 0 Å². The minimum absolute atomic E-state index is 0.454. The van der Waals surface area contributed by atoms with Crippen molar-refractivity contribution in [3.63, 3.8) is 0 Å². The molecule has 0 aromatic heterocycles. The number of nitrogens with zero attached hydrogens (tertiary/aromatic N) is 1. The van der Waals surface area contributed by atoms with Gasteiger partial charge in [-0.1, -0.05) is 30.7 Å². The van der Waals surface area contributed by atoms with Crippen LogP contribution in [0.15, 0.2) is 24.3 Å². The van der Waals surface area contributed by atoms with Crippen LogP contribution < -0.4 is 5.32 Å². The van der Waals surface area contributed by atoms with E-state index in [2.05, 4.69) is 36.3 Å². The minimum Gasteiger partial charge on any atom is -0.307 e. The van der Waals surface area contributed by atoms with Crippen LogP contribution in [0.5, 0.6) is 0 Å². The molecule has 0 spiro atoms. The number of halogens is 1. The van der Waals surface area contributed by atoms with E-state index in [0.29, 0.717) is 12.1 Å². The summed E-state index contributed by atoms with van der Waals surface area (Å²) in [7, 11) is 2.20. The van der Waals surface area contributed by atoms with Crippen molar-refractivity contribution in [3.05, 3.63) is 34.9 Å². The van der Waals surface area contributed by atoms with E-state index in [9.17, 15) is 0 Å². The fourth-order valence-corrected chi connectivity index (χ4v) is 2.73. The Morgan fingerprint density at radius 1 is 1.28 bits per heavy atom. The maximum Gasteiger partial charge on any atom is 0.0406 e. The molecular formula is C15H23ClN2. The Labute approximate surface area is 115 Å². The molecule has 0 amide bonds. The van der Waals surface area contributed by atoms with Crippen LogP contribution in [0, 0.1) is 0 Å². The third-order valence-electron chi connectivity index (χ3n) is 3.84. The molecule has 18 heavy (non-hydrogen) atoms. The van der Waals surface area contributed by atoms with Gasteiger partial charge in [-0.2, -0.15) is 0 Å². The highest BCUT2D eigenvalue weighted by Crippen LogP contribution is 2.21. The van der Waals surface area contributed by atoms with Crippen molar-refractivity contribution in [2.45, 2.75) is 38.3 Å². The standard InChI is InChI=1S/C15H23ClN2/c1-3-15(12-4-6-13(16)7-5-12)17-14-8-10-18(2)11-9-14/h4-7,14-15,17H,3,8-11H2,1-2H3. The second-order valence-corrected chi connectivity index (χ2v) is 5.69. The first kappa shape index (κ1) is 13.9. The van der Waals surface area contributed by atoms with E-state index in [0.717, 1.165) is 11.4 Å². The van der Waals surface area contributed by atoms with Crippen molar-refractivity contribution in [2.24, 2.45) is 0 Å². The molecule has 2 rings (SSSR count). The monoisotopic (exact) mass is 266 g/mol. The summed E-state index contributed by atoms with van der Waals surface area (Å²) in [5.41, 5.74) is 1.35. The number of piperidine rings is 1. The van der Waals surface area contributed by atoms with Crippen LogP contribution in [-0.4, -0.2) is 31.1 Å². The first-order valence-corrected chi connectivity index (χ1v) is 7.27. The van der Waals surface area contributed by atoms with Crippen LogP contribution in [0.1, 0.15) is 37.8 Å². The number of nitrogens with one attached hydrogen (secondary N) is 1. The molecular weight excluding hydrogens is 244 g/mol. The summed E-state index contributed by atoms with van der Waals surface area (Å²) in [6.07, 6.45) is 3.62. The van der Waals surface area contributed by atoms with E-state index in [-0.39, 0.29) is 0 Å². The Kier molecular flexibility index (Phi) is 5.04. The van der Waals surface area contributed by atoms with Crippen LogP contribution in [0.4, 0.5) is 0 Å². The second kappa shape index (κ2) is 6.55. The van der Waals surface area contributed by atoms with Crippen LogP contribution >= 0.6 is 11.6 Å². The predicted octanol–water partition coefficient (Wildman–Crippen LogP) is 3.47.